The zero-order valence-corrected chi connectivity index (χ0v) is 3.87. The first-order valence-corrected chi connectivity index (χ1v) is 2.19. The van der Waals surface area contributed by atoms with Crippen LogP contribution in [0.2, 0.25) is 0 Å². The third kappa shape index (κ3) is 1.10. The molecule has 0 aromatic heterocycles. The van der Waals surface area contributed by atoms with Gasteiger partial charge < -0.3 is 0 Å². The van der Waals surface area contributed by atoms with Gasteiger partial charge in [0.25, 0.3) is 0 Å². The van der Waals surface area contributed by atoms with Crippen LogP contribution in [0.1, 0.15) is 6.42 Å². The average Bonchev–Trinajstić information content (AvgIpc) is 1.84. The Morgan fingerprint density at radius 1 is 1.43 bits per heavy atom. The van der Waals surface area contributed by atoms with Crippen molar-refractivity contribution in [3.8, 4) is 0 Å². The Labute approximate surface area is 41.0 Å². The van der Waals surface area contributed by atoms with Gasteiger partial charge in [-0.2, -0.15) is 0 Å². The molecule has 0 bridgehead atoms. The standard InChI is InChI=1S/C3H8NO3/c5-4(6)2-1-3-7-4/h5-6H,1-3H2/q+1. The maximum Gasteiger partial charge on any atom is 0.180 e. The first-order chi connectivity index (χ1) is 3.21. The summed E-state index contributed by atoms with van der Waals surface area (Å²) in [6, 6.07) is 0. The lowest BCUT2D eigenvalue weighted by atomic mass is 10.5. The summed E-state index contributed by atoms with van der Waals surface area (Å²) in [5, 5.41) is 16.9. The Balaban J connectivity index is 2.40. The highest BCUT2D eigenvalue weighted by molar-refractivity contribution is 4.30. The summed E-state index contributed by atoms with van der Waals surface area (Å²) in [6.07, 6.45) is 0.715. The van der Waals surface area contributed by atoms with Crippen molar-refractivity contribution < 1.29 is 20.2 Å². The first kappa shape index (κ1) is 4.99. The van der Waals surface area contributed by atoms with Crippen molar-refractivity contribution in [2.24, 2.45) is 0 Å². The van der Waals surface area contributed by atoms with E-state index in [-0.39, 0.29) is 6.54 Å². The highest BCUT2D eigenvalue weighted by Gasteiger charge is 2.30. The molecule has 4 heteroatoms. The van der Waals surface area contributed by atoms with Crippen molar-refractivity contribution in [3.63, 3.8) is 0 Å². The van der Waals surface area contributed by atoms with E-state index in [0.717, 1.165) is 0 Å². The van der Waals surface area contributed by atoms with Crippen molar-refractivity contribution >= 4 is 0 Å². The third-order valence-electron chi connectivity index (χ3n) is 0.892. The predicted molar refractivity (Wildman–Crippen MR) is 19.3 cm³/mol. The zero-order chi connectivity index (χ0) is 5.33. The van der Waals surface area contributed by atoms with E-state index >= 15 is 0 Å². The predicted octanol–water partition coefficient (Wildman–Crippen LogP) is -0.0831. The molecule has 2 N–H and O–H groups in total. The second-order valence-electron chi connectivity index (χ2n) is 1.58. The monoisotopic (exact) mass is 106 g/mol. The van der Waals surface area contributed by atoms with Crippen molar-refractivity contribution in [2.45, 2.75) is 6.42 Å². The average molecular weight is 106 g/mol. The van der Waals surface area contributed by atoms with Crippen LogP contribution in [0.15, 0.2) is 0 Å². The summed E-state index contributed by atoms with van der Waals surface area (Å²) in [6.45, 7) is 0.715. The quantitative estimate of drug-likeness (QED) is 0.424. The lowest BCUT2D eigenvalue weighted by Gasteiger charge is -2.08. The highest BCUT2D eigenvalue weighted by Crippen LogP contribution is 2.07. The molecule has 0 unspecified atom stereocenters. The van der Waals surface area contributed by atoms with Crippen LogP contribution in [0.4, 0.5) is 0 Å². The molecular formula is C3H8NO3+. The van der Waals surface area contributed by atoms with Crippen LogP contribution in [0, 0.1) is 0 Å². The van der Waals surface area contributed by atoms with E-state index in [1.54, 1.807) is 0 Å². The van der Waals surface area contributed by atoms with Gasteiger partial charge in [-0.25, -0.2) is 0 Å². The van der Waals surface area contributed by atoms with Gasteiger partial charge in [-0.1, -0.05) is 0 Å². The van der Waals surface area contributed by atoms with Crippen LogP contribution in [0.3, 0.4) is 0 Å². The highest BCUT2D eigenvalue weighted by atomic mass is 17.1. The number of rotatable bonds is 0. The van der Waals surface area contributed by atoms with Crippen molar-refractivity contribution in [1.82, 2.24) is 0 Å². The Morgan fingerprint density at radius 2 is 2.14 bits per heavy atom. The van der Waals surface area contributed by atoms with Crippen LogP contribution in [-0.2, 0) is 4.84 Å². The molecule has 0 spiro atoms. The van der Waals surface area contributed by atoms with Crippen LogP contribution >= 0.6 is 0 Å². The van der Waals surface area contributed by atoms with E-state index in [1.807, 2.05) is 0 Å². The molecule has 0 saturated carbocycles. The smallest absolute Gasteiger partial charge is 0.146 e. The maximum absolute atomic E-state index is 8.47. The molecule has 1 fully saturated rings. The fraction of sp³-hybridized carbons (Fsp3) is 1.00. The van der Waals surface area contributed by atoms with Gasteiger partial charge in [-0.3, -0.25) is 0 Å². The van der Waals surface area contributed by atoms with Crippen LogP contribution in [-0.4, -0.2) is 28.5 Å². The number of hydroxylamine groups is 3. The second-order valence-corrected chi connectivity index (χ2v) is 1.58. The van der Waals surface area contributed by atoms with Crippen LogP contribution < -0.4 is 0 Å². The summed E-state index contributed by atoms with van der Waals surface area (Å²) in [5.74, 6) is 0. The largest absolute Gasteiger partial charge is 0.180 e. The van der Waals surface area contributed by atoms with E-state index in [9.17, 15) is 0 Å². The molecular weight excluding hydrogens is 98.0 g/mol. The molecule has 0 atom stereocenters. The summed E-state index contributed by atoms with van der Waals surface area (Å²) in [5.41, 5.74) is 0. The second kappa shape index (κ2) is 1.41. The molecule has 1 aliphatic rings. The van der Waals surface area contributed by atoms with Gasteiger partial charge in [0.05, 0.1) is 4.97 Å². The van der Waals surface area contributed by atoms with Crippen molar-refractivity contribution in [2.75, 3.05) is 13.2 Å². The number of nitrogens with zero attached hydrogens (tertiary/aromatic N) is 1. The van der Waals surface area contributed by atoms with Gasteiger partial charge in [0.1, 0.15) is 6.61 Å². The van der Waals surface area contributed by atoms with Gasteiger partial charge in [0.15, 0.2) is 6.54 Å². The van der Waals surface area contributed by atoms with E-state index in [1.165, 1.54) is 0 Å². The number of quaternary nitrogens is 1. The molecule has 0 aliphatic carbocycles. The van der Waals surface area contributed by atoms with Crippen LogP contribution in [0.25, 0.3) is 0 Å². The van der Waals surface area contributed by atoms with Crippen LogP contribution in [0.5, 0.6) is 0 Å². The lowest BCUT2D eigenvalue weighted by molar-refractivity contribution is -1.36. The molecule has 1 rings (SSSR count). The molecule has 1 saturated heterocycles. The summed E-state index contributed by atoms with van der Waals surface area (Å²) < 4.78 is 0. The fourth-order valence-corrected chi connectivity index (χ4v) is 0.546. The zero-order valence-electron chi connectivity index (χ0n) is 3.87. The van der Waals surface area contributed by atoms with Gasteiger partial charge in [0, 0.05) is 6.42 Å². The van der Waals surface area contributed by atoms with Gasteiger partial charge >= 0.3 is 0 Å². The Hall–Kier alpha value is -0.160. The van der Waals surface area contributed by atoms with E-state index in [0.29, 0.717) is 13.0 Å². The molecule has 0 radical (unpaired) electrons. The Bertz CT molecular complexity index is 64.6. The lowest BCUT2D eigenvalue weighted by Crippen LogP contribution is -2.35. The van der Waals surface area contributed by atoms with E-state index in [4.69, 9.17) is 10.4 Å². The molecule has 0 aromatic carbocycles. The molecule has 42 valence electrons. The topological polar surface area (TPSA) is 49.7 Å². The SMILES string of the molecule is O[N+]1(O)CCCO1. The minimum atomic E-state index is -1.25. The Kier molecular flexibility index (Phi) is 1.01. The summed E-state index contributed by atoms with van der Waals surface area (Å²) in [7, 11) is 0. The molecule has 1 heterocycles. The fourth-order valence-electron chi connectivity index (χ4n) is 0.546. The summed E-state index contributed by atoms with van der Waals surface area (Å²) in [4.78, 5) is 3.14. The third-order valence-corrected chi connectivity index (χ3v) is 0.892. The molecule has 0 amide bonds. The van der Waals surface area contributed by atoms with Crippen molar-refractivity contribution in [3.05, 3.63) is 0 Å². The maximum atomic E-state index is 8.47. The molecule has 1 aliphatic heterocycles. The normalized spacial score (nSPS) is 28.3. The minimum Gasteiger partial charge on any atom is -0.146 e. The number of hydrogen-bond donors (Lipinski definition) is 2. The molecule has 0 aromatic rings. The number of hydrogen-bond acceptors (Lipinski definition) is 3. The summed E-state index contributed by atoms with van der Waals surface area (Å²) >= 11 is 0. The van der Waals surface area contributed by atoms with Gasteiger partial charge in [-0.05, 0) is 0 Å². The van der Waals surface area contributed by atoms with Gasteiger partial charge in [-0.15, -0.1) is 15.3 Å². The minimum absolute atomic E-state index is 0.278. The van der Waals surface area contributed by atoms with Crippen molar-refractivity contribution in [1.29, 1.82) is 0 Å². The molecule has 4 nitrogen and oxygen atoms in total. The van der Waals surface area contributed by atoms with Gasteiger partial charge in [0.2, 0.25) is 0 Å². The Morgan fingerprint density at radius 3 is 2.29 bits per heavy atom. The first-order valence-electron chi connectivity index (χ1n) is 2.19. The molecule has 7 heavy (non-hydrogen) atoms. The van der Waals surface area contributed by atoms with E-state index in [2.05, 4.69) is 4.84 Å². The van der Waals surface area contributed by atoms with E-state index < -0.39 is 4.97 Å².